The lowest BCUT2D eigenvalue weighted by atomic mass is 10.0. The summed E-state index contributed by atoms with van der Waals surface area (Å²) in [7, 11) is 0. The molecule has 0 spiro atoms. The predicted molar refractivity (Wildman–Crippen MR) is 68.9 cm³/mol. The van der Waals surface area contributed by atoms with E-state index in [9.17, 15) is 4.79 Å². The number of amides is 1. The molecule has 98 valence electrons. The monoisotopic (exact) mass is 239 g/mol. The molecule has 1 amide bonds. The summed E-state index contributed by atoms with van der Waals surface area (Å²) in [4.78, 5) is 14.0. The first kappa shape index (κ1) is 12.8. The number of piperazine rings is 1. The van der Waals surface area contributed by atoms with Crippen LogP contribution in [0.4, 0.5) is 0 Å². The van der Waals surface area contributed by atoms with Crippen molar-refractivity contribution in [1.82, 2.24) is 15.5 Å². The Balaban J connectivity index is 1.63. The van der Waals surface area contributed by atoms with Crippen LogP contribution in [0.15, 0.2) is 0 Å². The normalized spacial score (nSPS) is 23.4. The molecule has 2 rings (SSSR count). The Hall–Kier alpha value is -0.610. The van der Waals surface area contributed by atoms with Gasteiger partial charge in [-0.3, -0.25) is 9.69 Å². The van der Waals surface area contributed by atoms with E-state index < -0.39 is 0 Å². The molecule has 2 fully saturated rings. The fourth-order valence-electron chi connectivity index (χ4n) is 2.64. The molecule has 0 atom stereocenters. The minimum Gasteiger partial charge on any atom is -0.354 e. The fraction of sp³-hybridized carbons (Fsp3) is 0.923. The Morgan fingerprint density at radius 1 is 1.35 bits per heavy atom. The highest BCUT2D eigenvalue weighted by Gasteiger charge is 2.41. The molecule has 4 nitrogen and oxygen atoms in total. The summed E-state index contributed by atoms with van der Waals surface area (Å²) in [5.74, 6) is 0.203. The number of nitrogens with one attached hydrogen (secondary N) is 2. The van der Waals surface area contributed by atoms with E-state index in [4.69, 9.17) is 0 Å². The van der Waals surface area contributed by atoms with Crippen LogP contribution in [0, 0.1) is 5.41 Å². The predicted octanol–water partition coefficient (Wildman–Crippen LogP) is 0.588. The van der Waals surface area contributed by atoms with Gasteiger partial charge in [0.15, 0.2) is 0 Å². The lowest BCUT2D eigenvalue weighted by molar-refractivity contribution is -0.122. The molecular weight excluding hydrogens is 214 g/mol. The molecule has 1 aliphatic heterocycles. The van der Waals surface area contributed by atoms with Crippen LogP contribution in [0.1, 0.15) is 32.6 Å². The highest BCUT2D eigenvalue weighted by Crippen LogP contribution is 2.48. The molecule has 1 heterocycles. The van der Waals surface area contributed by atoms with E-state index in [1.54, 1.807) is 0 Å². The third kappa shape index (κ3) is 3.96. The first-order valence-electron chi connectivity index (χ1n) is 6.94. The Morgan fingerprint density at radius 2 is 2.06 bits per heavy atom. The summed E-state index contributed by atoms with van der Waals surface area (Å²) >= 11 is 0. The van der Waals surface area contributed by atoms with Crippen molar-refractivity contribution in [3.05, 3.63) is 0 Å². The molecule has 1 saturated heterocycles. The summed E-state index contributed by atoms with van der Waals surface area (Å²) in [6.45, 7) is 7.69. The van der Waals surface area contributed by atoms with Crippen molar-refractivity contribution in [2.45, 2.75) is 32.6 Å². The molecule has 0 unspecified atom stereocenters. The van der Waals surface area contributed by atoms with Gasteiger partial charge < -0.3 is 10.6 Å². The molecule has 1 aliphatic carbocycles. The van der Waals surface area contributed by atoms with Crippen molar-refractivity contribution in [3.8, 4) is 0 Å². The molecule has 2 aliphatic rings. The zero-order chi connectivity index (χ0) is 12.1. The molecule has 0 aromatic carbocycles. The van der Waals surface area contributed by atoms with E-state index >= 15 is 0 Å². The second-order valence-electron chi connectivity index (χ2n) is 5.55. The standard InChI is InChI=1S/C13H25N3O/c1-2-3-13(4-5-13)11-15-12(17)10-16-8-6-14-7-9-16/h14H,2-11H2,1H3,(H,15,17). The fourth-order valence-corrected chi connectivity index (χ4v) is 2.64. The van der Waals surface area contributed by atoms with Crippen molar-refractivity contribution < 1.29 is 4.79 Å². The molecule has 0 bridgehead atoms. The summed E-state index contributed by atoms with van der Waals surface area (Å²) in [6.07, 6.45) is 5.10. The summed E-state index contributed by atoms with van der Waals surface area (Å²) in [5, 5.41) is 6.41. The molecule has 17 heavy (non-hydrogen) atoms. The maximum atomic E-state index is 11.8. The molecule has 2 N–H and O–H groups in total. The van der Waals surface area contributed by atoms with Crippen LogP contribution in [-0.2, 0) is 4.79 Å². The topological polar surface area (TPSA) is 44.4 Å². The second kappa shape index (κ2) is 5.83. The average Bonchev–Trinajstić information content (AvgIpc) is 3.09. The van der Waals surface area contributed by atoms with Crippen LogP contribution in [0.2, 0.25) is 0 Å². The van der Waals surface area contributed by atoms with E-state index in [0.717, 1.165) is 32.7 Å². The van der Waals surface area contributed by atoms with Crippen molar-refractivity contribution >= 4 is 5.91 Å². The van der Waals surface area contributed by atoms with E-state index in [1.165, 1.54) is 25.7 Å². The quantitative estimate of drug-likeness (QED) is 0.713. The lowest BCUT2D eigenvalue weighted by Crippen LogP contribution is -2.48. The zero-order valence-electron chi connectivity index (χ0n) is 10.9. The number of hydrogen-bond donors (Lipinski definition) is 2. The van der Waals surface area contributed by atoms with Gasteiger partial charge in [-0.25, -0.2) is 0 Å². The maximum absolute atomic E-state index is 11.8. The molecule has 0 aromatic rings. The summed E-state index contributed by atoms with van der Waals surface area (Å²) < 4.78 is 0. The van der Waals surface area contributed by atoms with Gasteiger partial charge in [-0.15, -0.1) is 0 Å². The van der Waals surface area contributed by atoms with Crippen LogP contribution in [-0.4, -0.2) is 50.1 Å². The number of nitrogens with zero attached hydrogens (tertiary/aromatic N) is 1. The van der Waals surface area contributed by atoms with Crippen LogP contribution in [0.5, 0.6) is 0 Å². The smallest absolute Gasteiger partial charge is 0.234 e. The molecule has 0 radical (unpaired) electrons. The first-order chi connectivity index (χ1) is 8.24. The SMILES string of the molecule is CCCC1(CNC(=O)CN2CCNCC2)CC1. The second-order valence-corrected chi connectivity index (χ2v) is 5.55. The van der Waals surface area contributed by atoms with Gasteiger partial charge in [0, 0.05) is 32.7 Å². The largest absolute Gasteiger partial charge is 0.354 e. The molecule has 4 heteroatoms. The first-order valence-corrected chi connectivity index (χ1v) is 6.94. The van der Waals surface area contributed by atoms with Crippen molar-refractivity contribution in [1.29, 1.82) is 0 Å². The Bertz CT molecular complexity index is 257. The minimum absolute atomic E-state index is 0.203. The Labute approximate surface area is 104 Å². The van der Waals surface area contributed by atoms with Crippen molar-refractivity contribution in [3.63, 3.8) is 0 Å². The maximum Gasteiger partial charge on any atom is 0.234 e. The Kier molecular flexibility index (Phi) is 4.40. The summed E-state index contributed by atoms with van der Waals surface area (Å²) in [6, 6.07) is 0. The third-order valence-electron chi connectivity index (χ3n) is 3.97. The van der Waals surface area contributed by atoms with Gasteiger partial charge in [-0.1, -0.05) is 13.3 Å². The highest BCUT2D eigenvalue weighted by molar-refractivity contribution is 5.78. The zero-order valence-corrected chi connectivity index (χ0v) is 10.9. The van der Waals surface area contributed by atoms with Gasteiger partial charge in [0.1, 0.15) is 0 Å². The van der Waals surface area contributed by atoms with Gasteiger partial charge in [0.2, 0.25) is 5.91 Å². The van der Waals surface area contributed by atoms with Crippen LogP contribution in [0.25, 0.3) is 0 Å². The number of carbonyl (C=O) groups excluding carboxylic acids is 1. The van der Waals surface area contributed by atoms with Crippen molar-refractivity contribution in [2.75, 3.05) is 39.3 Å². The van der Waals surface area contributed by atoms with Gasteiger partial charge >= 0.3 is 0 Å². The van der Waals surface area contributed by atoms with Crippen LogP contribution < -0.4 is 10.6 Å². The summed E-state index contributed by atoms with van der Waals surface area (Å²) in [5.41, 5.74) is 0.466. The third-order valence-corrected chi connectivity index (χ3v) is 3.97. The van der Waals surface area contributed by atoms with E-state index in [-0.39, 0.29) is 5.91 Å². The number of hydrogen-bond acceptors (Lipinski definition) is 3. The minimum atomic E-state index is 0.203. The molecule has 0 aromatic heterocycles. The van der Waals surface area contributed by atoms with Gasteiger partial charge in [-0.05, 0) is 24.7 Å². The lowest BCUT2D eigenvalue weighted by Gasteiger charge is -2.26. The van der Waals surface area contributed by atoms with E-state index in [2.05, 4.69) is 22.5 Å². The van der Waals surface area contributed by atoms with E-state index in [1.807, 2.05) is 0 Å². The molecule has 1 saturated carbocycles. The van der Waals surface area contributed by atoms with Crippen LogP contribution >= 0.6 is 0 Å². The van der Waals surface area contributed by atoms with Crippen molar-refractivity contribution in [2.24, 2.45) is 5.41 Å². The highest BCUT2D eigenvalue weighted by atomic mass is 16.2. The molecular formula is C13H25N3O. The van der Waals surface area contributed by atoms with Gasteiger partial charge in [0.05, 0.1) is 6.54 Å². The van der Waals surface area contributed by atoms with E-state index in [0.29, 0.717) is 12.0 Å². The number of carbonyl (C=O) groups is 1. The Morgan fingerprint density at radius 3 is 2.65 bits per heavy atom. The number of rotatable bonds is 6. The average molecular weight is 239 g/mol. The van der Waals surface area contributed by atoms with Gasteiger partial charge in [-0.2, -0.15) is 0 Å². The van der Waals surface area contributed by atoms with Gasteiger partial charge in [0.25, 0.3) is 0 Å². The van der Waals surface area contributed by atoms with Crippen LogP contribution in [0.3, 0.4) is 0 Å².